The van der Waals surface area contributed by atoms with E-state index in [1.807, 2.05) is 0 Å². The Morgan fingerprint density at radius 2 is 1.77 bits per heavy atom. The van der Waals surface area contributed by atoms with E-state index in [1.165, 1.54) is 4.82 Å². The van der Waals surface area contributed by atoms with Crippen molar-refractivity contribution in [3.05, 3.63) is 24.1 Å². The number of carbonyl (C=O) groups excluding carboxylic acids is 1. The highest BCUT2D eigenvalue weighted by Gasteiger charge is 2.27. The molecule has 1 atom stereocenters. The molecule has 0 radical (unpaired) electrons. The highest BCUT2D eigenvalue weighted by molar-refractivity contribution is 6.92. The van der Waals surface area contributed by atoms with Crippen molar-refractivity contribution in [1.82, 2.24) is 0 Å². The first-order chi connectivity index (χ1) is 11.0. The standard InChI is InChI=1S/C14H32O6Si4.2CH4.H2/c1-8-14(16)18-10-13(15)9-17-11-21-19-24(6,7)12(2)22-20-23(3,4)5;;;/h8,13,15H,1-2,9-11,21-22H2,3-7H3;2*1H4;1H. The van der Waals surface area contributed by atoms with Gasteiger partial charge in [0.25, 0.3) is 0 Å². The third kappa shape index (κ3) is 15.9. The van der Waals surface area contributed by atoms with Crippen molar-refractivity contribution in [2.24, 2.45) is 0 Å². The molecule has 0 rings (SSSR count). The number of ether oxygens (including phenoxy) is 2. The molecule has 10 heteroatoms. The molecule has 0 aromatic carbocycles. The van der Waals surface area contributed by atoms with Crippen LogP contribution < -0.4 is 0 Å². The molecule has 26 heavy (non-hydrogen) atoms. The molecule has 0 aliphatic carbocycles. The third-order valence-corrected chi connectivity index (χ3v) is 16.4. The summed E-state index contributed by atoms with van der Waals surface area (Å²) in [6.07, 6.45) is 0.732. The second-order valence-electron chi connectivity index (χ2n) is 6.93. The summed E-state index contributed by atoms with van der Waals surface area (Å²) in [6, 6.07) is 0. The number of hydrogen-bond acceptors (Lipinski definition) is 6. The van der Waals surface area contributed by atoms with Crippen LogP contribution in [0.2, 0.25) is 32.7 Å². The largest absolute Gasteiger partial charge is 0.460 e. The molecule has 1 N–H and O–H groups in total. The second kappa shape index (κ2) is 14.7. The van der Waals surface area contributed by atoms with Crippen LogP contribution in [0.25, 0.3) is 0 Å². The van der Waals surface area contributed by atoms with E-state index in [1.54, 1.807) is 0 Å². The van der Waals surface area contributed by atoms with Gasteiger partial charge >= 0.3 is 5.97 Å². The van der Waals surface area contributed by atoms with Crippen molar-refractivity contribution in [3.8, 4) is 0 Å². The molecule has 0 saturated heterocycles. The van der Waals surface area contributed by atoms with Crippen molar-refractivity contribution < 1.29 is 29.0 Å². The zero-order chi connectivity index (χ0) is 18.8. The van der Waals surface area contributed by atoms with Gasteiger partial charge in [-0.3, -0.25) is 0 Å². The zero-order valence-corrected chi connectivity index (χ0v) is 20.4. The smallest absolute Gasteiger partial charge is 0.330 e. The first kappa shape index (κ1) is 30.4. The topological polar surface area (TPSA) is 74.2 Å². The van der Waals surface area contributed by atoms with Gasteiger partial charge in [-0.25, -0.2) is 4.79 Å². The summed E-state index contributed by atoms with van der Waals surface area (Å²) in [5.41, 5.74) is 0. The molecule has 1 unspecified atom stereocenters. The SMILES string of the molecule is C.C.C=CC(=O)OCC(O)COC[SiH2]O[Si](C)(C)C(=C)[SiH2]O[Si](C)(C)C.[HH]. The van der Waals surface area contributed by atoms with E-state index in [4.69, 9.17) is 17.7 Å². The lowest BCUT2D eigenvalue weighted by Crippen LogP contribution is -2.41. The van der Waals surface area contributed by atoms with Crippen LogP contribution in [0.3, 0.4) is 0 Å². The monoisotopic (exact) mass is 442 g/mol. The second-order valence-corrected chi connectivity index (χ2v) is 19.9. The van der Waals surface area contributed by atoms with E-state index >= 15 is 0 Å². The van der Waals surface area contributed by atoms with E-state index in [0.717, 1.165) is 6.08 Å². The number of carbonyl (C=O) groups is 1. The lowest BCUT2D eigenvalue weighted by molar-refractivity contribution is -0.141. The maximum absolute atomic E-state index is 10.9. The maximum atomic E-state index is 10.9. The molecule has 0 heterocycles. The minimum absolute atomic E-state index is 0. The van der Waals surface area contributed by atoms with Gasteiger partial charge in [-0.2, -0.15) is 0 Å². The van der Waals surface area contributed by atoms with Gasteiger partial charge in [0.05, 0.1) is 12.8 Å². The molecule has 6 nitrogen and oxygen atoms in total. The minimum Gasteiger partial charge on any atom is -0.460 e. The summed E-state index contributed by atoms with van der Waals surface area (Å²) in [5.74, 6) is -0.553. The van der Waals surface area contributed by atoms with Crippen molar-refractivity contribution in [1.29, 1.82) is 0 Å². The van der Waals surface area contributed by atoms with Crippen LogP contribution in [0.4, 0.5) is 0 Å². The van der Waals surface area contributed by atoms with E-state index in [-0.39, 0.29) is 29.5 Å². The highest BCUT2D eigenvalue weighted by atomic mass is 28.4. The predicted octanol–water partition coefficient (Wildman–Crippen LogP) is 1.86. The van der Waals surface area contributed by atoms with Gasteiger partial charge < -0.3 is 22.8 Å². The molecule has 0 aliphatic rings. The Bertz CT molecular complexity index is 430. The molecule has 0 amide bonds. The molecular formula is C16H42O6Si4. The van der Waals surface area contributed by atoms with Gasteiger partial charge in [-0.15, -0.1) is 6.58 Å². The van der Waals surface area contributed by atoms with Crippen LogP contribution in [0.5, 0.6) is 0 Å². The highest BCUT2D eigenvalue weighted by Crippen LogP contribution is 2.15. The Balaban J connectivity index is -0.000000882. The van der Waals surface area contributed by atoms with Gasteiger partial charge in [0.1, 0.15) is 12.7 Å². The maximum Gasteiger partial charge on any atom is 0.330 e. The third-order valence-electron chi connectivity index (χ3n) is 3.12. The number of rotatable bonds is 13. The number of hydrogen-bond donors (Lipinski definition) is 1. The van der Waals surface area contributed by atoms with Crippen LogP contribution in [-0.2, 0) is 22.5 Å². The zero-order valence-electron chi connectivity index (χ0n) is 15.6. The van der Waals surface area contributed by atoms with E-state index < -0.39 is 48.2 Å². The van der Waals surface area contributed by atoms with E-state index in [2.05, 4.69) is 45.9 Å². The average Bonchev–Trinajstić information content (AvgIpc) is 2.48. The summed E-state index contributed by atoms with van der Waals surface area (Å²) in [6.45, 7) is 18.3. The predicted molar refractivity (Wildman–Crippen MR) is 123 cm³/mol. The van der Waals surface area contributed by atoms with Gasteiger partial charge in [0.2, 0.25) is 0 Å². The Labute approximate surface area is 168 Å². The molecule has 0 aliphatic heterocycles. The lowest BCUT2D eigenvalue weighted by atomic mass is 10.4. The van der Waals surface area contributed by atoms with Crippen LogP contribution in [-0.4, -0.2) is 72.8 Å². The summed E-state index contributed by atoms with van der Waals surface area (Å²) in [7, 11) is -5.00. The Kier molecular flexibility index (Phi) is 17.2. The van der Waals surface area contributed by atoms with E-state index in [0.29, 0.717) is 6.23 Å². The normalized spacial score (nSPS) is 13.3. The Hall–Kier alpha value is -0.342. The summed E-state index contributed by atoms with van der Waals surface area (Å²) in [4.78, 5) is 12.1. The van der Waals surface area contributed by atoms with Crippen LogP contribution in [0, 0.1) is 0 Å². The fraction of sp³-hybridized carbons (Fsp3) is 0.688. The first-order valence-corrected chi connectivity index (χ1v) is 17.2. The molecule has 0 spiro atoms. The van der Waals surface area contributed by atoms with E-state index in [9.17, 15) is 9.90 Å². The first-order valence-electron chi connectivity index (χ1n) is 7.99. The van der Waals surface area contributed by atoms with Crippen LogP contribution >= 0.6 is 0 Å². The van der Waals surface area contributed by atoms with Crippen molar-refractivity contribution >= 4 is 42.1 Å². The summed E-state index contributed by atoms with van der Waals surface area (Å²) < 4.78 is 22.3. The van der Waals surface area contributed by atoms with Crippen LogP contribution in [0.15, 0.2) is 24.1 Å². The lowest BCUT2D eigenvalue weighted by Gasteiger charge is -2.28. The van der Waals surface area contributed by atoms with Gasteiger partial charge in [0, 0.05) is 7.50 Å². The Morgan fingerprint density at radius 3 is 2.27 bits per heavy atom. The number of aliphatic hydroxyl groups excluding tert-OH is 1. The Morgan fingerprint density at radius 1 is 1.19 bits per heavy atom. The fourth-order valence-corrected chi connectivity index (χ4v) is 10.3. The molecule has 0 saturated carbocycles. The van der Waals surface area contributed by atoms with Gasteiger partial charge in [-0.05, 0) is 32.7 Å². The van der Waals surface area contributed by atoms with Crippen molar-refractivity contribution in [2.45, 2.75) is 53.7 Å². The minimum atomic E-state index is -1.92. The van der Waals surface area contributed by atoms with Crippen molar-refractivity contribution in [3.63, 3.8) is 0 Å². The van der Waals surface area contributed by atoms with Gasteiger partial charge in [-0.1, -0.05) is 26.3 Å². The quantitative estimate of drug-likeness (QED) is 0.203. The average molecular weight is 443 g/mol. The molecule has 0 bridgehead atoms. The molecule has 0 fully saturated rings. The fourth-order valence-electron chi connectivity index (χ4n) is 1.44. The summed E-state index contributed by atoms with van der Waals surface area (Å²) in [5, 5.41) is 9.61. The summed E-state index contributed by atoms with van der Waals surface area (Å²) >= 11 is 0. The molecule has 0 aromatic heterocycles. The molecule has 0 aromatic rings. The number of aliphatic hydroxyl groups is 1. The molecule has 158 valence electrons. The number of esters is 1. The van der Waals surface area contributed by atoms with Gasteiger partial charge in [0.15, 0.2) is 36.2 Å². The molecular weight excluding hydrogens is 401 g/mol. The van der Waals surface area contributed by atoms with Crippen LogP contribution in [0.1, 0.15) is 16.3 Å². The van der Waals surface area contributed by atoms with Crippen molar-refractivity contribution in [2.75, 3.05) is 19.4 Å².